The fourth-order valence-electron chi connectivity index (χ4n) is 3.56. The normalized spacial score (nSPS) is 23.3. The van der Waals surface area contributed by atoms with E-state index in [0.29, 0.717) is 5.92 Å². The number of nitrogens with one attached hydrogen (secondary N) is 1. The van der Waals surface area contributed by atoms with Gasteiger partial charge < -0.3 is 5.73 Å². The van der Waals surface area contributed by atoms with Crippen molar-refractivity contribution in [2.24, 2.45) is 5.73 Å². The van der Waals surface area contributed by atoms with Crippen molar-refractivity contribution < 1.29 is 0 Å². The Kier molecular flexibility index (Phi) is 3.86. The second-order valence-corrected chi connectivity index (χ2v) is 6.37. The molecule has 0 saturated heterocycles. The van der Waals surface area contributed by atoms with Gasteiger partial charge in [0, 0.05) is 12.5 Å². The van der Waals surface area contributed by atoms with Gasteiger partial charge in [0.1, 0.15) is 0 Å². The topological polar surface area (TPSA) is 38.0 Å². The van der Waals surface area contributed by atoms with Crippen LogP contribution in [0.3, 0.4) is 0 Å². The summed E-state index contributed by atoms with van der Waals surface area (Å²) in [7, 11) is 0. The Morgan fingerprint density at radius 2 is 1.83 bits per heavy atom. The number of hydrogen-bond donors (Lipinski definition) is 2. The molecule has 0 amide bonds. The molecule has 2 aromatic carbocycles. The van der Waals surface area contributed by atoms with Crippen LogP contribution in [-0.2, 0) is 6.42 Å². The highest BCUT2D eigenvalue weighted by Gasteiger charge is 2.17. The van der Waals surface area contributed by atoms with Gasteiger partial charge in [0.25, 0.3) is 0 Å². The summed E-state index contributed by atoms with van der Waals surface area (Å²) < 4.78 is 0. The molecule has 23 heavy (non-hydrogen) atoms. The lowest BCUT2D eigenvalue weighted by molar-refractivity contribution is 0.608. The maximum Gasteiger partial charge on any atom is 0.0812 e. The predicted octanol–water partition coefficient (Wildman–Crippen LogP) is 3.70. The van der Waals surface area contributed by atoms with Crippen molar-refractivity contribution >= 4 is 11.6 Å². The number of nitrogens with two attached hydrogens (primary N) is 1. The molecule has 0 spiro atoms. The summed E-state index contributed by atoms with van der Waals surface area (Å²) in [5, 5.41) is 3.32. The van der Waals surface area contributed by atoms with E-state index in [4.69, 9.17) is 5.73 Å². The van der Waals surface area contributed by atoms with Gasteiger partial charge in [0.2, 0.25) is 0 Å². The number of rotatable bonds is 2. The predicted molar refractivity (Wildman–Crippen MR) is 96.9 cm³/mol. The lowest BCUT2D eigenvalue weighted by atomic mass is 9.84. The molecule has 0 saturated carbocycles. The van der Waals surface area contributed by atoms with Crippen LogP contribution in [0, 0.1) is 0 Å². The molecule has 2 heteroatoms. The zero-order valence-electron chi connectivity index (χ0n) is 13.2. The Hall–Kier alpha value is -2.16. The summed E-state index contributed by atoms with van der Waals surface area (Å²) in [6.45, 7) is 0.967. The van der Waals surface area contributed by atoms with Gasteiger partial charge in [-0.2, -0.15) is 0 Å². The van der Waals surface area contributed by atoms with Crippen LogP contribution in [0.5, 0.6) is 0 Å². The van der Waals surface area contributed by atoms with E-state index in [0.717, 1.165) is 19.4 Å². The van der Waals surface area contributed by atoms with E-state index in [1.807, 2.05) is 0 Å². The molecule has 116 valence electrons. The molecule has 0 radical (unpaired) electrons. The average molecular weight is 302 g/mol. The maximum absolute atomic E-state index is 6.15. The van der Waals surface area contributed by atoms with Gasteiger partial charge in [-0.25, -0.2) is 0 Å². The summed E-state index contributed by atoms with van der Waals surface area (Å²) in [6, 6.07) is 17.6. The zero-order valence-corrected chi connectivity index (χ0v) is 13.2. The minimum Gasteiger partial charge on any atom is -0.312 e. The van der Waals surface area contributed by atoms with Crippen LogP contribution >= 0.6 is 0 Å². The first-order chi connectivity index (χ1) is 11.3. The quantitative estimate of drug-likeness (QED) is 0.887. The summed E-state index contributed by atoms with van der Waals surface area (Å²) in [5.74, 6) is 0.464. The molecule has 3 N–H and O–H groups in total. The summed E-state index contributed by atoms with van der Waals surface area (Å²) in [6.07, 6.45) is 8.91. The van der Waals surface area contributed by atoms with Crippen molar-refractivity contribution in [1.82, 2.24) is 5.32 Å². The molecule has 1 aliphatic heterocycles. The van der Waals surface area contributed by atoms with E-state index in [1.165, 1.54) is 27.8 Å². The molecule has 0 aromatic heterocycles. The number of fused-ring (bicyclic) bond motifs is 1. The number of benzene rings is 2. The number of allylic oxidation sites excluding steroid dienone is 1. The second-order valence-electron chi connectivity index (χ2n) is 6.37. The van der Waals surface area contributed by atoms with Gasteiger partial charge in [0.05, 0.1) is 6.17 Å². The van der Waals surface area contributed by atoms with E-state index in [9.17, 15) is 0 Å². The Morgan fingerprint density at radius 1 is 1.00 bits per heavy atom. The summed E-state index contributed by atoms with van der Waals surface area (Å²) >= 11 is 0. The van der Waals surface area contributed by atoms with Gasteiger partial charge in [-0.3, -0.25) is 5.32 Å². The number of hydrogen-bond acceptors (Lipinski definition) is 2. The molecule has 1 aliphatic carbocycles. The lowest BCUT2D eigenvalue weighted by Gasteiger charge is -2.23. The van der Waals surface area contributed by atoms with Crippen molar-refractivity contribution in [2.45, 2.75) is 24.9 Å². The summed E-state index contributed by atoms with van der Waals surface area (Å²) in [4.78, 5) is 0. The Balaban J connectivity index is 1.57. The minimum atomic E-state index is -0.0453. The fraction of sp³-hybridized carbons (Fsp3) is 0.238. The lowest BCUT2D eigenvalue weighted by Crippen LogP contribution is -2.41. The van der Waals surface area contributed by atoms with E-state index < -0.39 is 0 Å². The van der Waals surface area contributed by atoms with E-state index >= 15 is 0 Å². The van der Waals surface area contributed by atoms with Crippen molar-refractivity contribution in [2.75, 3.05) is 6.54 Å². The molecule has 2 atom stereocenters. The third-order valence-corrected chi connectivity index (χ3v) is 4.88. The van der Waals surface area contributed by atoms with Gasteiger partial charge in [-0.05, 0) is 40.7 Å². The third kappa shape index (κ3) is 2.88. The zero-order chi connectivity index (χ0) is 15.6. The van der Waals surface area contributed by atoms with Crippen molar-refractivity contribution in [1.29, 1.82) is 0 Å². The molecule has 2 aromatic rings. The third-order valence-electron chi connectivity index (χ3n) is 4.88. The van der Waals surface area contributed by atoms with Crippen LogP contribution in [0.25, 0.3) is 11.6 Å². The van der Waals surface area contributed by atoms with Gasteiger partial charge in [-0.15, -0.1) is 0 Å². The molecule has 0 fully saturated rings. The van der Waals surface area contributed by atoms with Crippen LogP contribution in [0.15, 0.2) is 60.7 Å². The first-order valence-corrected chi connectivity index (χ1v) is 8.37. The monoisotopic (exact) mass is 302 g/mol. The van der Waals surface area contributed by atoms with Gasteiger partial charge in [0.15, 0.2) is 0 Å². The highest BCUT2D eigenvalue weighted by Crippen LogP contribution is 2.31. The highest BCUT2D eigenvalue weighted by molar-refractivity contribution is 5.70. The average Bonchev–Trinajstić information content (AvgIpc) is 2.62. The van der Waals surface area contributed by atoms with Crippen LogP contribution in [0.2, 0.25) is 0 Å². The minimum absolute atomic E-state index is 0.0453. The SMILES string of the molecule is NC1NCCC=C1c1ccc(C2C=Cc3ccccc3C2)cc1. The molecule has 0 bridgehead atoms. The first-order valence-electron chi connectivity index (χ1n) is 8.37. The van der Waals surface area contributed by atoms with Gasteiger partial charge in [-0.1, -0.05) is 66.8 Å². The largest absolute Gasteiger partial charge is 0.312 e. The van der Waals surface area contributed by atoms with E-state index in [-0.39, 0.29) is 6.17 Å². The molecular formula is C21H22N2. The second kappa shape index (κ2) is 6.15. The molecular weight excluding hydrogens is 280 g/mol. The Bertz CT molecular complexity index is 756. The van der Waals surface area contributed by atoms with Crippen molar-refractivity contribution in [3.8, 4) is 0 Å². The smallest absolute Gasteiger partial charge is 0.0812 e. The molecule has 2 unspecified atom stereocenters. The van der Waals surface area contributed by atoms with Crippen molar-refractivity contribution in [3.05, 3.63) is 82.9 Å². The molecule has 4 rings (SSSR count). The molecule has 1 heterocycles. The molecule has 2 nitrogen and oxygen atoms in total. The fourth-order valence-corrected chi connectivity index (χ4v) is 3.56. The van der Waals surface area contributed by atoms with Gasteiger partial charge >= 0.3 is 0 Å². The van der Waals surface area contributed by atoms with Crippen LogP contribution < -0.4 is 11.1 Å². The van der Waals surface area contributed by atoms with Crippen LogP contribution in [0.4, 0.5) is 0 Å². The van der Waals surface area contributed by atoms with E-state index in [1.54, 1.807) is 0 Å². The van der Waals surface area contributed by atoms with E-state index in [2.05, 4.69) is 72.1 Å². The van der Waals surface area contributed by atoms with Crippen LogP contribution in [-0.4, -0.2) is 12.7 Å². The first kappa shape index (κ1) is 14.4. The summed E-state index contributed by atoms with van der Waals surface area (Å²) in [5.41, 5.74) is 12.8. The standard InChI is InChI=1S/C21H22N2/c22-21-20(6-3-13-23-21)17-10-7-16(8-11-17)19-12-9-15-4-1-2-5-18(15)14-19/h1-2,4-12,19,21,23H,3,13-14,22H2. The van der Waals surface area contributed by atoms with Crippen LogP contribution in [0.1, 0.15) is 34.6 Å². The Morgan fingerprint density at radius 3 is 2.65 bits per heavy atom. The highest BCUT2D eigenvalue weighted by atomic mass is 15.0. The van der Waals surface area contributed by atoms with Crippen molar-refractivity contribution in [3.63, 3.8) is 0 Å². The maximum atomic E-state index is 6.15. The Labute approximate surface area is 137 Å². The molecule has 2 aliphatic rings.